The van der Waals surface area contributed by atoms with Crippen LogP contribution >= 0.6 is 12.4 Å². The van der Waals surface area contributed by atoms with Crippen LogP contribution in [0.25, 0.3) is 0 Å². The number of amides is 1. The molecule has 0 bridgehead atoms. The molecule has 1 saturated heterocycles. The van der Waals surface area contributed by atoms with E-state index in [1.807, 2.05) is 6.92 Å². The highest BCUT2D eigenvalue weighted by Crippen LogP contribution is 2.20. The van der Waals surface area contributed by atoms with Crippen LogP contribution in [0, 0.1) is 5.82 Å². The summed E-state index contributed by atoms with van der Waals surface area (Å²) in [7, 11) is -3.94. The molecule has 2 aromatic carbocycles. The molecule has 27 heavy (non-hydrogen) atoms. The van der Waals surface area contributed by atoms with Gasteiger partial charge in [0.15, 0.2) is 0 Å². The summed E-state index contributed by atoms with van der Waals surface area (Å²) in [5.41, 5.74) is 0.297. The van der Waals surface area contributed by atoms with Crippen molar-refractivity contribution < 1.29 is 17.6 Å². The Hall–Kier alpha value is -2.16. The summed E-state index contributed by atoms with van der Waals surface area (Å²) in [5, 5.41) is 3.22. The normalized spacial score (nSPS) is 17.1. The van der Waals surface area contributed by atoms with Crippen LogP contribution in [0.2, 0.25) is 0 Å². The van der Waals surface area contributed by atoms with Crippen molar-refractivity contribution in [3.05, 3.63) is 59.9 Å². The fraction of sp³-hybridized carbons (Fsp3) is 0.278. The molecule has 0 radical (unpaired) electrons. The molecule has 1 aliphatic heterocycles. The van der Waals surface area contributed by atoms with Crippen molar-refractivity contribution in [3.8, 4) is 0 Å². The van der Waals surface area contributed by atoms with Crippen LogP contribution in [0.1, 0.15) is 17.3 Å². The number of benzene rings is 2. The Morgan fingerprint density at radius 3 is 2.48 bits per heavy atom. The van der Waals surface area contributed by atoms with E-state index in [4.69, 9.17) is 0 Å². The van der Waals surface area contributed by atoms with E-state index in [0.717, 1.165) is 13.1 Å². The van der Waals surface area contributed by atoms with E-state index in [9.17, 15) is 17.6 Å². The fourth-order valence-electron chi connectivity index (χ4n) is 2.83. The molecule has 1 atom stereocenters. The van der Waals surface area contributed by atoms with Crippen LogP contribution in [-0.2, 0) is 10.0 Å². The largest absolute Gasteiger partial charge is 0.333 e. The number of sulfonamides is 1. The van der Waals surface area contributed by atoms with Gasteiger partial charge in [-0.15, -0.1) is 12.4 Å². The van der Waals surface area contributed by atoms with Crippen molar-refractivity contribution in [3.63, 3.8) is 0 Å². The Kier molecular flexibility index (Phi) is 6.80. The second-order valence-electron chi connectivity index (χ2n) is 6.16. The van der Waals surface area contributed by atoms with Gasteiger partial charge in [-0.3, -0.25) is 9.52 Å². The smallest absolute Gasteiger partial charge is 0.261 e. The topological polar surface area (TPSA) is 78.5 Å². The molecule has 0 aliphatic carbocycles. The van der Waals surface area contributed by atoms with Crippen LogP contribution in [0.15, 0.2) is 53.4 Å². The minimum Gasteiger partial charge on any atom is -0.333 e. The molecule has 1 amide bonds. The number of nitrogens with zero attached hydrogens (tertiary/aromatic N) is 1. The van der Waals surface area contributed by atoms with Crippen molar-refractivity contribution in [2.45, 2.75) is 17.9 Å². The van der Waals surface area contributed by atoms with Crippen LogP contribution in [0.4, 0.5) is 10.1 Å². The zero-order chi connectivity index (χ0) is 18.7. The van der Waals surface area contributed by atoms with Gasteiger partial charge in [0, 0.05) is 31.2 Å². The molecule has 0 saturated carbocycles. The lowest BCUT2D eigenvalue weighted by molar-refractivity contribution is 0.0655. The van der Waals surface area contributed by atoms with Crippen molar-refractivity contribution in [2.75, 3.05) is 24.4 Å². The Labute approximate surface area is 164 Å². The lowest BCUT2D eigenvalue weighted by Crippen LogP contribution is -2.52. The molecule has 9 heteroatoms. The summed E-state index contributed by atoms with van der Waals surface area (Å²) in [6, 6.07) is 11.3. The van der Waals surface area contributed by atoms with Crippen LogP contribution in [-0.4, -0.2) is 44.9 Å². The van der Waals surface area contributed by atoms with Crippen LogP contribution in [0.5, 0.6) is 0 Å². The highest BCUT2D eigenvalue weighted by molar-refractivity contribution is 7.92. The average molecular weight is 414 g/mol. The van der Waals surface area contributed by atoms with Gasteiger partial charge in [0.2, 0.25) is 0 Å². The quantitative estimate of drug-likeness (QED) is 0.807. The summed E-state index contributed by atoms with van der Waals surface area (Å²) in [4.78, 5) is 14.3. The Bertz CT molecular complexity index is 906. The first kappa shape index (κ1) is 21.1. The maximum atomic E-state index is 13.7. The third-order valence-corrected chi connectivity index (χ3v) is 5.67. The van der Waals surface area contributed by atoms with Gasteiger partial charge in [-0.2, -0.15) is 0 Å². The van der Waals surface area contributed by atoms with Crippen molar-refractivity contribution in [1.29, 1.82) is 0 Å². The third kappa shape index (κ3) is 4.77. The Balaban J connectivity index is 0.00000261. The fourth-order valence-corrected chi connectivity index (χ4v) is 3.90. The van der Waals surface area contributed by atoms with Gasteiger partial charge >= 0.3 is 0 Å². The first-order valence-corrected chi connectivity index (χ1v) is 9.76. The van der Waals surface area contributed by atoms with Crippen LogP contribution < -0.4 is 10.0 Å². The molecular weight excluding hydrogens is 393 g/mol. The number of halogens is 2. The van der Waals surface area contributed by atoms with Gasteiger partial charge < -0.3 is 10.2 Å². The minimum absolute atomic E-state index is 0. The number of hydrogen-bond donors (Lipinski definition) is 2. The van der Waals surface area contributed by atoms with Crippen molar-refractivity contribution in [2.24, 2.45) is 0 Å². The first-order valence-electron chi connectivity index (χ1n) is 8.27. The summed E-state index contributed by atoms with van der Waals surface area (Å²) in [5.74, 6) is -0.791. The van der Waals surface area contributed by atoms with Crippen LogP contribution in [0.3, 0.4) is 0 Å². The molecular formula is C18H21ClFN3O3S. The van der Waals surface area contributed by atoms with E-state index >= 15 is 0 Å². The minimum atomic E-state index is -3.94. The summed E-state index contributed by atoms with van der Waals surface area (Å²) < 4.78 is 40.7. The number of nitrogens with one attached hydrogen (secondary N) is 2. The number of piperazine rings is 1. The lowest BCUT2D eigenvalue weighted by atomic mass is 10.1. The standard InChI is InChI=1S/C18H20FN3O3S.ClH/c1-13-12-20-10-11-22(13)18(23)14-6-8-15(9-7-14)26(24,25)21-17-5-3-2-4-16(17)19;/h2-9,13,20-21H,10-12H2,1H3;1H/t13-;/m0./s1. The average Bonchev–Trinajstić information content (AvgIpc) is 2.63. The zero-order valence-electron chi connectivity index (χ0n) is 14.7. The monoisotopic (exact) mass is 413 g/mol. The molecule has 0 aromatic heterocycles. The van der Waals surface area contributed by atoms with E-state index in [1.54, 1.807) is 4.90 Å². The Morgan fingerprint density at radius 2 is 1.85 bits per heavy atom. The van der Waals surface area contributed by atoms with Gasteiger partial charge in [-0.1, -0.05) is 12.1 Å². The molecule has 1 heterocycles. The second kappa shape index (κ2) is 8.69. The third-order valence-electron chi connectivity index (χ3n) is 4.29. The number of para-hydroxylation sites is 1. The molecule has 6 nitrogen and oxygen atoms in total. The number of carbonyl (C=O) groups excluding carboxylic acids is 1. The van der Waals surface area contributed by atoms with Gasteiger partial charge in [-0.05, 0) is 43.3 Å². The molecule has 2 N–H and O–H groups in total. The number of anilines is 1. The van der Waals surface area contributed by atoms with E-state index in [0.29, 0.717) is 12.1 Å². The predicted molar refractivity (Wildman–Crippen MR) is 104 cm³/mol. The SMILES string of the molecule is C[C@H]1CNCCN1C(=O)c1ccc(S(=O)(=O)Nc2ccccc2F)cc1.Cl. The predicted octanol–water partition coefficient (Wildman–Crippen LogP) is 2.48. The number of carbonyl (C=O) groups is 1. The van der Waals surface area contributed by atoms with Gasteiger partial charge in [0.25, 0.3) is 15.9 Å². The lowest BCUT2D eigenvalue weighted by Gasteiger charge is -2.34. The van der Waals surface area contributed by atoms with E-state index < -0.39 is 15.8 Å². The van der Waals surface area contributed by atoms with E-state index in [1.165, 1.54) is 48.5 Å². The van der Waals surface area contributed by atoms with Gasteiger partial charge in [0.05, 0.1) is 10.6 Å². The van der Waals surface area contributed by atoms with E-state index in [-0.39, 0.29) is 34.9 Å². The maximum absolute atomic E-state index is 13.7. The van der Waals surface area contributed by atoms with Gasteiger partial charge in [-0.25, -0.2) is 12.8 Å². The molecule has 3 rings (SSSR count). The summed E-state index contributed by atoms with van der Waals surface area (Å²) in [6.07, 6.45) is 0. The van der Waals surface area contributed by atoms with E-state index in [2.05, 4.69) is 10.0 Å². The highest BCUT2D eigenvalue weighted by Gasteiger charge is 2.24. The number of rotatable bonds is 4. The number of hydrogen-bond acceptors (Lipinski definition) is 4. The summed E-state index contributed by atoms with van der Waals surface area (Å²) >= 11 is 0. The molecule has 1 aliphatic rings. The van der Waals surface area contributed by atoms with Crippen molar-refractivity contribution >= 4 is 34.0 Å². The summed E-state index contributed by atoms with van der Waals surface area (Å²) in [6.45, 7) is 4.02. The van der Waals surface area contributed by atoms with Crippen molar-refractivity contribution in [1.82, 2.24) is 10.2 Å². The first-order chi connectivity index (χ1) is 12.4. The Morgan fingerprint density at radius 1 is 1.19 bits per heavy atom. The molecule has 146 valence electrons. The zero-order valence-corrected chi connectivity index (χ0v) is 16.3. The molecule has 2 aromatic rings. The maximum Gasteiger partial charge on any atom is 0.261 e. The molecule has 1 fully saturated rings. The molecule has 0 unspecified atom stereocenters. The van der Waals surface area contributed by atoms with Gasteiger partial charge in [0.1, 0.15) is 5.82 Å². The second-order valence-corrected chi connectivity index (χ2v) is 7.84. The highest BCUT2D eigenvalue weighted by atomic mass is 35.5. The molecule has 0 spiro atoms.